The van der Waals surface area contributed by atoms with Crippen LogP contribution in [0.2, 0.25) is 0 Å². The van der Waals surface area contributed by atoms with Crippen LogP contribution in [-0.4, -0.2) is 240 Å². The minimum atomic E-state index is -1.91. The van der Waals surface area contributed by atoms with E-state index in [1.807, 2.05) is 0 Å². The van der Waals surface area contributed by atoms with Gasteiger partial charge in [0.1, 0.15) is 91.6 Å². The van der Waals surface area contributed by atoms with Crippen molar-refractivity contribution in [1.29, 1.82) is 0 Å². The number of carbonyl (C=O) groups excluding carboxylic acids is 1. The number of hydrogen-bond acceptors (Lipinski definition) is 24. The van der Waals surface area contributed by atoms with Crippen LogP contribution in [0.25, 0.3) is 0 Å². The zero-order chi connectivity index (χ0) is 56.8. The first-order valence-corrected chi connectivity index (χ1v) is 28.2. The molecule has 2 bridgehead atoms. The van der Waals surface area contributed by atoms with Crippen LogP contribution >= 0.6 is 0 Å². The molecule has 0 aromatic carbocycles. The van der Waals surface area contributed by atoms with E-state index in [0.717, 1.165) is 19.3 Å². The number of esters is 1. The molecule has 24 heteroatoms. The largest absolute Gasteiger partial charge is 0.462 e. The highest BCUT2D eigenvalue weighted by Gasteiger charge is 2.84. The van der Waals surface area contributed by atoms with E-state index in [-0.39, 0.29) is 34.0 Å². The van der Waals surface area contributed by atoms with E-state index >= 15 is 0 Å². The minimum absolute atomic E-state index is 0.0520. The lowest BCUT2D eigenvalue weighted by Crippen LogP contribution is -2.75. The van der Waals surface area contributed by atoms with Crippen molar-refractivity contribution in [2.24, 2.45) is 50.2 Å². The fourth-order valence-corrected chi connectivity index (χ4v) is 18.0. The molecule has 0 amide bonds. The van der Waals surface area contributed by atoms with Crippen LogP contribution in [0.1, 0.15) is 113 Å². The Hall–Kier alpha value is -1.41. The molecule has 10 rings (SSSR count). The Balaban J connectivity index is 0.908. The summed E-state index contributed by atoms with van der Waals surface area (Å²) in [6.45, 7) is 14.4. The molecule has 5 saturated carbocycles. The maximum atomic E-state index is 12.6. The summed E-state index contributed by atoms with van der Waals surface area (Å²) in [6.07, 6.45) is -28.2. The first kappa shape index (κ1) is 59.7. The molecule has 5 aliphatic carbocycles. The number of aliphatic hydroxyl groups is 13. The molecular weight excluding hydrogens is 1030 g/mol. The molecule has 5 aliphatic heterocycles. The van der Waals surface area contributed by atoms with Gasteiger partial charge in [-0.25, -0.2) is 0 Å². The number of aliphatic hydroxyl groups excluding tert-OH is 13. The van der Waals surface area contributed by atoms with E-state index in [1.165, 1.54) is 6.92 Å². The third kappa shape index (κ3) is 8.94. The second kappa shape index (κ2) is 21.0. The van der Waals surface area contributed by atoms with Crippen molar-refractivity contribution in [3.8, 4) is 0 Å². The fourth-order valence-electron chi connectivity index (χ4n) is 18.0. The number of rotatable bonds is 11. The highest BCUT2D eigenvalue weighted by molar-refractivity contribution is 5.66. The summed E-state index contributed by atoms with van der Waals surface area (Å²) in [4.78, 5) is 12.6. The lowest BCUT2D eigenvalue weighted by Gasteiger charge is -2.75. The second-order valence-corrected chi connectivity index (χ2v) is 26.9. The van der Waals surface area contributed by atoms with Crippen molar-refractivity contribution in [3.63, 3.8) is 0 Å². The molecule has 0 aromatic heterocycles. The van der Waals surface area contributed by atoms with E-state index in [4.69, 9.17) is 47.4 Å². The first-order chi connectivity index (χ1) is 36.5. The van der Waals surface area contributed by atoms with Crippen molar-refractivity contribution in [2.75, 3.05) is 26.4 Å². The Morgan fingerprint density at radius 1 is 0.551 bits per heavy atom. The van der Waals surface area contributed by atoms with Gasteiger partial charge in [0.15, 0.2) is 31.5 Å². The Morgan fingerprint density at radius 2 is 1.15 bits per heavy atom. The van der Waals surface area contributed by atoms with Gasteiger partial charge in [-0.1, -0.05) is 48.5 Å². The summed E-state index contributed by atoms with van der Waals surface area (Å²) >= 11 is 0. The molecule has 30 atom stereocenters. The molecule has 448 valence electrons. The van der Waals surface area contributed by atoms with Gasteiger partial charge in [-0.3, -0.25) is 4.79 Å². The van der Waals surface area contributed by atoms with Crippen molar-refractivity contribution in [1.82, 2.24) is 0 Å². The molecule has 1 spiro atoms. The van der Waals surface area contributed by atoms with Crippen LogP contribution in [0, 0.1) is 50.2 Å². The van der Waals surface area contributed by atoms with Gasteiger partial charge in [0.25, 0.3) is 0 Å². The zero-order valence-electron chi connectivity index (χ0n) is 45.9. The van der Waals surface area contributed by atoms with Crippen LogP contribution in [-0.2, 0) is 52.2 Å². The average molecular weight is 1120 g/mol. The molecule has 10 aliphatic rings. The normalized spacial score (nSPS) is 56.4. The Morgan fingerprint density at radius 3 is 1.82 bits per heavy atom. The first-order valence-electron chi connectivity index (χ1n) is 28.2. The van der Waals surface area contributed by atoms with E-state index in [9.17, 15) is 71.2 Å². The minimum Gasteiger partial charge on any atom is -0.462 e. The predicted molar refractivity (Wildman–Crippen MR) is 262 cm³/mol. The lowest BCUT2D eigenvalue weighted by atomic mass is 9.30. The van der Waals surface area contributed by atoms with Crippen LogP contribution in [0.4, 0.5) is 0 Å². The molecule has 5 saturated heterocycles. The molecule has 5 heterocycles. The molecule has 24 nitrogen and oxygen atoms in total. The lowest BCUT2D eigenvalue weighted by molar-refractivity contribution is -0.392. The van der Waals surface area contributed by atoms with E-state index in [0.29, 0.717) is 38.5 Å². The van der Waals surface area contributed by atoms with Gasteiger partial charge >= 0.3 is 5.97 Å². The van der Waals surface area contributed by atoms with E-state index < -0.39 is 189 Å². The van der Waals surface area contributed by atoms with Gasteiger partial charge in [0.05, 0.1) is 49.7 Å². The van der Waals surface area contributed by atoms with E-state index in [1.54, 1.807) is 0 Å². The molecule has 13 N–H and O–H groups in total. The van der Waals surface area contributed by atoms with Crippen LogP contribution in [0.3, 0.4) is 0 Å². The number of hydrogen-bond donors (Lipinski definition) is 13. The van der Waals surface area contributed by atoms with Crippen LogP contribution in [0.5, 0.6) is 0 Å². The summed E-state index contributed by atoms with van der Waals surface area (Å²) in [6, 6.07) is 0. The van der Waals surface area contributed by atoms with E-state index in [2.05, 4.69) is 48.5 Å². The zero-order valence-corrected chi connectivity index (χ0v) is 45.9. The third-order valence-electron chi connectivity index (χ3n) is 22.2. The molecule has 78 heavy (non-hydrogen) atoms. The van der Waals surface area contributed by atoms with Crippen molar-refractivity contribution in [3.05, 3.63) is 0 Å². The Kier molecular flexibility index (Phi) is 16.1. The maximum Gasteiger partial charge on any atom is 0.302 e. The molecular formula is C54H88O24. The summed E-state index contributed by atoms with van der Waals surface area (Å²) < 4.78 is 61.8. The van der Waals surface area contributed by atoms with Gasteiger partial charge < -0.3 is 114 Å². The quantitative estimate of drug-likeness (QED) is 0.0770. The van der Waals surface area contributed by atoms with Crippen molar-refractivity contribution < 1.29 is 119 Å². The van der Waals surface area contributed by atoms with Gasteiger partial charge in [-0.2, -0.15) is 0 Å². The summed E-state index contributed by atoms with van der Waals surface area (Å²) in [7, 11) is 0. The van der Waals surface area contributed by atoms with Crippen molar-refractivity contribution >= 4 is 5.97 Å². The second-order valence-electron chi connectivity index (χ2n) is 26.9. The third-order valence-corrected chi connectivity index (χ3v) is 22.2. The molecule has 0 radical (unpaired) electrons. The summed E-state index contributed by atoms with van der Waals surface area (Å²) in [5, 5.41) is 143. The number of carbonyl (C=O) groups is 1. The summed E-state index contributed by atoms with van der Waals surface area (Å²) in [5.74, 6) is -0.552. The van der Waals surface area contributed by atoms with Gasteiger partial charge in [-0.05, 0) is 91.3 Å². The topological polar surface area (TPSA) is 372 Å². The standard InChI is InChI=1S/C54H88O24/c1-22(57)71-32-17-48(2,3)15-29-53-14-10-28-50(6)12-11-31(49(4,5)27(50)9-13-51(28,7)52(53,8)16-30(59)54(29,32)47(68)78-53)75-45-41(77-44-40(67)37(64)34(61)24(18-55)72-44)36(63)26(21-70-45)74-46-42(38(65)35(62)25(19-56)73-46)76-43-39(66)33(60)23(58)20-69-43/h23-47,55-56,58-68H,9-21H2,1-8H3/t23-,24-,25-,26+,27+,28-,29+,30-,31+,32+,33+,34-,35-,36+,37+,38+,39-,40-,41-,42-,43+,44+,45+,46+,47+,50+,51-,52+,53+,54-/m1/s1. The molecule has 10 fully saturated rings. The Bertz CT molecular complexity index is 2150. The maximum absolute atomic E-state index is 12.6. The highest BCUT2D eigenvalue weighted by atomic mass is 16.8. The predicted octanol–water partition coefficient (Wildman–Crippen LogP) is -2.21. The van der Waals surface area contributed by atoms with Crippen LogP contribution < -0.4 is 0 Å². The van der Waals surface area contributed by atoms with Gasteiger partial charge in [-0.15, -0.1) is 0 Å². The summed E-state index contributed by atoms with van der Waals surface area (Å²) in [5.41, 5.74) is -4.09. The number of ether oxygens (including phenoxy) is 10. The average Bonchev–Trinajstić information content (AvgIpc) is 1.80. The SMILES string of the molecule is CC(=O)O[C@H]1CC(C)(C)C[C@@H]2[C@@]13[C@H](O)C[C@]1(C)[C@@]2(CC[C@@H]2[C@@]4(C)CC[C@H](O[C@@H]5OC[C@H](O[C@@H]6O[C@H](CO)[C@@H](O)[C@H](O)[C@H]6O[C@@H]6OC[C@@H](O)[C@H](O)[C@H]6O)[C@H](O)[C@H]5O[C@@H]5O[C@H](CO)[C@@H](O)[C@H](O)[C@H]5O)C(C)(C)[C@@H]4CC[C@]21C)O[C@@H]3O. The molecule has 0 aromatic rings. The van der Waals surface area contributed by atoms with Gasteiger partial charge in [0, 0.05) is 18.3 Å². The number of fused-ring (bicyclic) bond motifs is 4. The monoisotopic (exact) mass is 1120 g/mol. The molecule has 0 unspecified atom stereocenters. The van der Waals surface area contributed by atoms with Crippen LogP contribution in [0.15, 0.2) is 0 Å². The smallest absolute Gasteiger partial charge is 0.302 e. The van der Waals surface area contributed by atoms with Gasteiger partial charge in [0.2, 0.25) is 0 Å². The Labute approximate surface area is 454 Å². The fraction of sp³-hybridized carbons (Fsp3) is 0.981. The van der Waals surface area contributed by atoms with Crippen molar-refractivity contribution in [2.45, 2.75) is 254 Å². The highest BCUT2D eigenvalue weighted by Crippen LogP contribution is 2.81.